The van der Waals surface area contributed by atoms with Crippen molar-refractivity contribution in [2.45, 2.75) is 20.4 Å². The molecule has 0 radical (unpaired) electrons. The van der Waals surface area contributed by atoms with Crippen molar-refractivity contribution in [1.82, 2.24) is 10.2 Å². The molecule has 0 saturated carbocycles. The highest BCUT2D eigenvalue weighted by Crippen LogP contribution is 2.13. The van der Waals surface area contributed by atoms with Gasteiger partial charge in [-0.3, -0.25) is 4.79 Å². The second-order valence-electron chi connectivity index (χ2n) is 4.70. The van der Waals surface area contributed by atoms with Gasteiger partial charge in [0.2, 0.25) is 5.91 Å². The molecule has 1 saturated heterocycles. The third-order valence-corrected chi connectivity index (χ3v) is 3.28. The topological polar surface area (TPSA) is 32.3 Å². The number of nitrogens with zero attached hydrogens (tertiary/aromatic N) is 1. The number of amides is 1. The van der Waals surface area contributed by atoms with Gasteiger partial charge in [-0.15, -0.1) is 0 Å². The molecule has 0 aliphatic carbocycles. The Kier molecular flexibility index (Phi) is 3.79. The standard InChI is InChI=1S/C14H20N2O/c1-3-16(14(17)13-8-15-9-13)10-12-6-4-5-11(2)7-12/h4-7,13,15H,3,8-10H2,1-2H3. The van der Waals surface area contributed by atoms with E-state index in [2.05, 4.69) is 30.4 Å². The van der Waals surface area contributed by atoms with Crippen molar-refractivity contribution in [3.05, 3.63) is 35.4 Å². The second kappa shape index (κ2) is 5.32. The largest absolute Gasteiger partial charge is 0.338 e. The van der Waals surface area contributed by atoms with Crippen LogP contribution in [0.1, 0.15) is 18.1 Å². The van der Waals surface area contributed by atoms with Gasteiger partial charge in [0.15, 0.2) is 0 Å². The van der Waals surface area contributed by atoms with Crippen LogP contribution in [0, 0.1) is 12.8 Å². The van der Waals surface area contributed by atoms with Crippen molar-refractivity contribution in [2.24, 2.45) is 5.92 Å². The maximum Gasteiger partial charge on any atom is 0.228 e. The van der Waals surface area contributed by atoms with Crippen LogP contribution in [0.5, 0.6) is 0 Å². The van der Waals surface area contributed by atoms with Crippen LogP contribution in [0.15, 0.2) is 24.3 Å². The van der Waals surface area contributed by atoms with E-state index in [1.807, 2.05) is 17.9 Å². The zero-order valence-corrected chi connectivity index (χ0v) is 10.6. The summed E-state index contributed by atoms with van der Waals surface area (Å²) in [4.78, 5) is 14.1. The molecule has 0 aromatic heterocycles. The van der Waals surface area contributed by atoms with E-state index in [1.165, 1.54) is 11.1 Å². The van der Waals surface area contributed by atoms with Gasteiger partial charge in [0.1, 0.15) is 0 Å². The van der Waals surface area contributed by atoms with Crippen LogP contribution >= 0.6 is 0 Å². The molecular formula is C14H20N2O. The Hall–Kier alpha value is -1.35. The molecule has 92 valence electrons. The fourth-order valence-corrected chi connectivity index (χ4v) is 2.10. The summed E-state index contributed by atoms with van der Waals surface area (Å²) in [7, 11) is 0. The summed E-state index contributed by atoms with van der Waals surface area (Å²) in [6, 6.07) is 8.36. The molecule has 0 bridgehead atoms. The van der Waals surface area contributed by atoms with E-state index in [0.717, 1.165) is 26.2 Å². The van der Waals surface area contributed by atoms with Gasteiger partial charge in [-0.2, -0.15) is 0 Å². The fraction of sp³-hybridized carbons (Fsp3) is 0.500. The van der Waals surface area contributed by atoms with E-state index in [-0.39, 0.29) is 11.8 Å². The molecule has 2 rings (SSSR count). The molecular weight excluding hydrogens is 212 g/mol. The molecule has 0 atom stereocenters. The molecule has 1 amide bonds. The molecule has 1 aliphatic rings. The third kappa shape index (κ3) is 2.86. The number of hydrogen-bond acceptors (Lipinski definition) is 2. The van der Waals surface area contributed by atoms with Crippen molar-refractivity contribution < 1.29 is 4.79 Å². The molecule has 1 heterocycles. The highest BCUT2D eigenvalue weighted by atomic mass is 16.2. The first-order valence-electron chi connectivity index (χ1n) is 6.25. The second-order valence-corrected chi connectivity index (χ2v) is 4.70. The van der Waals surface area contributed by atoms with E-state index in [1.54, 1.807) is 0 Å². The maximum atomic E-state index is 12.1. The van der Waals surface area contributed by atoms with E-state index in [4.69, 9.17) is 0 Å². The first kappa shape index (κ1) is 12.1. The minimum Gasteiger partial charge on any atom is -0.338 e. The minimum atomic E-state index is 0.194. The van der Waals surface area contributed by atoms with Crippen LogP contribution in [0.3, 0.4) is 0 Å². The minimum absolute atomic E-state index is 0.194. The summed E-state index contributed by atoms with van der Waals surface area (Å²) in [5, 5.41) is 3.15. The number of nitrogens with one attached hydrogen (secondary N) is 1. The highest BCUT2D eigenvalue weighted by molar-refractivity contribution is 5.80. The maximum absolute atomic E-state index is 12.1. The Morgan fingerprint density at radius 1 is 1.47 bits per heavy atom. The lowest BCUT2D eigenvalue weighted by Crippen LogP contribution is -2.51. The summed E-state index contributed by atoms with van der Waals surface area (Å²) < 4.78 is 0. The lowest BCUT2D eigenvalue weighted by molar-refractivity contribution is -0.137. The summed E-state index contributed by atoms with van der Waals surface area (Å²) in [5.41, 5.74) is 2.46. The zero-order valence-electron chi connectivity index (χ0n) is 10.6. The van der Waals surface area contributed by atoms with Crippen molar-refractivity contribution in [2.75, 3.05) is 19.6 Å². The molecule has 1 N–H and O–H groups in total. The van der Waals surface area contributed by atoms with Crippen LogP contribution in [0.25, 0.3) is 0 Å². The quantitative estimate of drug-likeness (QED) is 0.854. The van der Waals surface area contributed by atoms with Gasteiger partial charge in [-0.1, -0.05) is 29.8 Å². The van der Waals surface area contributed by atoms with Gasteiger partial charge in [0.25, 0.3) is 0 Å². The molecule has 1 aromatic rings. The summed E-state index contributed by atoms with van der Waals surface area (Å²) in [6.45, 7) is 7.31. The monoisotopic (exact) mass is 232 g/mol. The lowest BCUT2D eigenvalue weighted by atomic mass is 10.0. The molecule has 1 aliphatic heterocycles. The Morgan fingerprint density at radius 3 is 2.76 bits per heavy atom. The Labute approximate surface area is 103 Å². The molecule has 3 heteroatoms. The normalized spacial score (nSPS) is 15.4. The van der Waals surface area contributed by atoms with Gasteiger partial charge in [-0.05, 0) is 19.4 Å². The number of carbonyl (C=O) groups excluding carboxylic acids is 1. The first-order valence-corrected chi connectivity index (χ1v) is 6.25. The number of aryl methyl sites for hydroxylation is 1. The van der Waals surface area contributed by atoms with E-state index < -0.39 is 0 Å². The van der Waals surface area contributed by atoms with Crippen molar-refractivity contribution >= 4 is 5.91 Å². The molecule has 0 unspecified atom stereocenters. The zero-order chi connectivity index (χ0) is 12.3. The van der Waals surface area contributed by atoms with Crippen molar-refractivity contribution in [1.29, 1.82) is 0 Å². The average molecular weight is 232 g/mol. The van der Waals surface area contributed by atoms with Crippen molar-refractivity contribution in [3.63, 3.8) is 0 Å². The molecule has 0 spiro atoms. The summed E-state index contributed by atoms with van der Waals surface area (Å²) in [5.74, 6) is 0.479. The first-order chi connectivity index (χ1) is 8.20. The van der Waals surface area contributed by atoms with Gasteiger partial charge < -0.3 is 10.2 Å². The Morgan fingerprint density at radius 2 is 2.24 bits per heavy atom. The smallest absolute Gasteiger partial charge is 0.228 e. The molecule has 17 heavy (non-hydrogen) atoms. The number of hydrogen-bond donors (Lipinski definition) is 1. The fourth-order valence-electron chi connectivity index (χ4n) is 2.10. The van der Waals surface area contributed by atoms with Crippen LogP contribution in [-0.2, 0) is 11.3 Å². The summed E-state index contributed by atoms with van der Waals surface area (Å²) in [6.07, 6.45) is 0. The Balaban J connectivity index is 2.01. The van der Waals surface area contributed by atoms with Crippen LogP contribution in [0.2, 0.25) is 0 Å². The predicted octanol–water partition coefficient (Wildman–Crippen LogP) is 1.56. The highest BCUT2D eigenvalue weighted by Gasteiger charge is 2.28. The number of carbonyl (C=O) groups is 1. The summed E-state index contributed by atoms with van der Waals surface area (Å²) >= 11 is 0. The molecule has 1 fully saturated rings. The van der Waals surface area contributed by atoms with Crippen LogP contribution in [0.4, 0.5) is 0 Å². The van der Waals surface area contributed by atoms with Gasteiger partial charge in [-0.25, -0.2) is 0 Å². The van der Waals surface area contributed by atoms with Gasteiger partial charge in [0, 0.05) is 26.2 Å². The number of rotatable bonds is 4. The van der Waals surface area contributed by atoms with E-state index in [9.17, 15) is 4.79 Å². The van der Waals surface area contributed by atoms with E-state index in [0.29, 0.717) is 0 Å². The van der Waals surface area contributed by atoms with Crippen LogP contribution in [-0.4, -0.2) is 30.4 Å². The van der Waals surface area contributed by atoms with Crippen LogP contribution < -0.4 is 5.32 Å². The van der Waals surface area contributed by atoms with Gasteiger partial charge in [0.05, 0.1) is 5.92 Å². The molecule has 1 aromatic carbocycles. The lowest BCUT2D eigenvalue weighted by Gasteiger charge is -2.32. The Bertz CT molecular complexity index is 399. The molecule has 3 nitrogen and oxygen atoms in total. The van der Waals surface area contributed by atoms with Gasteiger partial charge >= 0.3 is 0 Å². The van der Waals surface area contributed by atoms with E-state index >= 15 is 0 Å². The number of benzene rings is 1. The SMILES string of the molecule is CCN(Cc1cccc(C)c1)C(=O)C1CNC1. The average Bonchev–Trinajstić information content (AvgIpc) is 2.23. The van der Waals surface area contributed by atoms with Crippen molar-refractivity contribution in [3.8, 4) is 0 Å². The predicted molar refractivity (Wildman–Crippen MR) is 68.6 cm³/mol. The third-order valence-electron chi connectivity index (χ3n) is 3.28.